The zero-order valence-electron chi connectivity index (χ0n) is 20.2. The normalized spacial score (nSPS) is 21.6. The minimum absolute atomic E-state index is 0.115. The molecular weight excluding hydrogens is 468 g/mol. The van der Waals surface area contributed by atoms with Crippen molar-refractivity contribution in [3.05, 3.63) is 52.7 Å². The lowest BCUT2D eigenvalue weighted by molar-refractivity contribution is -0.140. The average Bonchev–Trinajstić information content (AvgIpc) is 3.29. The second-order valence-electron chi connectivity index (χ2n) is 9.47. The molecule has 2 N–H and O–H groups in total. The first-order chi connectivity index (χ1) is 16.8. The molecule has 0 radical (unpaired) electrons. The maximum absolute atomic E-state index is 13.2. The van der Waals surface area contributed by atoms with E-state index in [2.05, 4.69) is 10.2 Å². The van der Waals surface area contributed by atoms with Gasteiger partial charge in [-0.1, -0.05) is 50.1 Å². The maximum atomic E-state index is 13.2. The lowest BCUT2D eigenvalue weighted by Gasteiger charge is -2.37. The highest BCUT2D eigenvalue weighted by Crippen LogP contribution is 2.34. The monoisotopic (exact) mass is 500 g/mol. The van der Waals surface area contributed by atoms with Crippen molar-refractivity contribution in [3.8, 4) is 0 Å². The zero-order valence-corrected chi connectivity index (χ0v) is 21.0. The highest BCUT2D eigenvalue weighted by molar-refractivity contribution is 6.30. The molecule has 0 aromatic heterocycles. The summed E-state index contributed by atoms with van der Waals surface area (Å²) in [4.78, 5) is 43.5. The minimum Gasteiger partial charge on any atom is -0.480 e. The first-order valence-electron chi connectivity index (χ1n) is 12.3. The summed E-state index contributed by atoms with van der Waals surface area (Å²) in [5, 5.41) is 12.9. The van der Waals surface area contributed by atoms with Crippen LogP contribution >= 0.6 is 11.6 Å². The number of likely N-dealkylation sites (tertiary alicyclic amines) is 1. The summed E-state index contributed by atoms with van der Waals surface area (Å²) in [7, 11) is 0. The largest absolute Gasteiger partial charge is 0.480 e. The molecule has 3 amide bonds. The molecule has 2 saturated heterocycles. The summed E-state index contributed by atoms with van der Waals surface area (Å²) in [5.74, 6) is -1.32. The summed E-state index contributed by atoms with van der Waals surface area (Å²) in [6.45, 7) is 7.03. The number of nitrogens with one attached hydrogen (secondary N) is 1. The maximum Gasteiger partial charge on any atom is 0.326 e. The molecule has 4 rings (SSSR count). The van der Waals surface area contributed by atoms with E-state index in [1.807, 2.05) is 55.2 Å². The van der Waals surface area contributed by atoms with Crippen LogP contribution in [0.2, 0.25) is 5.02 Å². The van der Waals surface area contributed by atoms with Crippen molar-refractivity contribution >= 4 is 35.2 Å². The van der Waals surface area contributed by atoms with Crippen molar-refractivity contribution in [2.24, 2.45) is 11.8 Å². The second kappa shape index (κ2) is 10.7. The van der Waals surface area contributed by atoms with E-state index in [-0.39, 0.29) is 17.7 Å². The number of aliphatic carboxylic acids is 1. The molecule has 2 heterocycles. The number of allylic oxidation sites excluding steroid dienone is 2. The number of anilines is 1. The van der Waals surface area contributed by atoms with Gasteiger partial charge in [0.2, 0.25) is 5.91 Å². The Morgan fingerprint density at radius 2 is 1.91 bits per heavy atom. The Hall–Kier alpha value is -3.00. The Balaban J connectivity index is 1.34. The van der Waals surface area contributed by atoms with Crippen LogP contribution in [-0.2, 0) is 9.59 Å². The molecular formula is C26H33ClN4O4. The van der Waals surface area contributed by atoms with Crippen molar-refractivity contribution in [2.45, 2.75) is 39.2 Å². The molecule has 3 aliphatic rings. The van der Waals surface area contributed by atoms with Gasteiger partial charge < -0.3 is 20.2 Å². The number of hydrogen-bond acceptors (Lipinski definition) is 4. The molecule has 3 atom stereocenters. The highest BCUT2D eigenvalue weighted by atomic mass is 35.5. The molecule has 2 aliphatic heterocycles. The van der Waals surface area contributed by atoms with Crippen LogP contribution in [0.1, 0.15) is 33.1 Å². The van der Waals surface area contributed by atoms with Gasteiger partial charge in [-0.2, -0.15) is 0 Å². The first-order valence-corrected chi connectivity index (χ1v) is 12.7. The number of urea groups is 1. The highest BCUT2D eigenvalue weighted by Gasteiger charge is 2.35. The molecule has 0 saturated carbocycles. The van der Waals surface area contributed by atoms with Crippen molar-refractivity contribution in [1.29, 1.82) is 0 Å². The van der Waals surface area contributed by atoms with Crippen LogP contribution in [0.5, 0.6) is 0 Å². The van der Waals surface area contributed by atoms with Crippen LogP contribution in [0.15, 0.2) is 47.7 Å². The predicted molar refractivity (Wildman–Crippen MR) is 135 cm³/mol. The predicted octanol–water partition coefficient (Wildman–Crippen LogP) is 3.73. The fourth-order valence-corrected chi connectivity index (χ4v) is 5.17. The molecule has 2 fully saturated rings. The molecule has 8 nitrogen and oxygen atoms in total. The molecule has 0 spiro atoms. The SMILES string of the molecule is CCC(C)C(NC(=O)N1CCC2=CC(C(=O)N3CCN(c4cccc(Cl)c4)CC3)CC=C21)C(=O)O. The van der Waals surface area contributed by atoms with Gasteiger partial charge in [-0.05, 0) is 42.5 Å². The van der Waals surface area contributed by atoms with E-state index in [0.29, 0.717) is 43.9 Å². The van der Waals surface area contributed by atoms with Gasteiger partial charge >= 0.3 is 12.0 Å². The van der Waals surface area contributed by atoms with Gasteiger partial charge in [0.1, 0.15) is 6.04 Å². The van der Waals surface area contributed by atoms with Crippen molar-refractivity contribution in [3.63, 3.8) is 0 Å². The van der Waals surface area contributed by atoms with Gasteiger partial charge in [-0.15, -0.1) is 0 Å². The number of halogens is 1. The lowest BCUT2D eigenvalue weighted by atomic mass is 9.92. The van der Waals surface area contributed by atoms with Gasteiger partial charge in [-0.25, -0.2) is 9.59 Å². The molecule has 1 aromatic rings. The Kier molecular flexibility index (Phi) is 7.69. The number of amides is 3. The quantitative estimate of drug-likeness (QED) is 0.620. The van der Waals surface area contributed by atoms with Crippen LogP contribution < -0.4 is 10.2 Å². The number of rotatable bonds is 6. The number of benzene rings is 1. The van der Waals surface area contributed by atoms with E-state index in [9.17, 15) is 19.5 Å². The number of nitrogens with zero attached hydrogens (tertiary/aromatic N) is 3. The fraction of sp³-hybridized carbons (Fsp3) is 0.500. The number of piperazine rings is 1. The fourth-order valence-electron chi connectivity index (χ4n) is 4.98. The molecule has 3 unspecified atom stereocenters. The average molecular weight is 501 g/mol. The van der Waals surface area contributed by atoms with Gasteiger partial charge in [0.05, 0.1) is 5.92 Å². The number of carboxylic acids is 1. The Morgan fingerprint density at radius 1 is 1.17 bits per heavy atom. The summed E-state index contributed by atoms with van der Waals surface area (Å²) in [6.07, 6.45) is 5.79. The third kappa shape index (κ3) is 5.48. The summed E-state index contributed by atoms with van der Waals surface area (Å²) in [5.41, 5.74) is 2.85. The zero-order chi connectivity index (χ0) is 25.1. The third-order valence-electron chi connectivity index (χ3n) is 7.28. The van der Waals surface area contributed by atoms with E-state index in [1.54, 1.807) is 4.90 Å². The molecule has 0 bridgehead atoms. The van der Waals surface area contributed by atoms with Gasteiger partial charge in [0, 0.05) is 49.1 Å². The van der Waals surface area contributed by atoms with E-state index in [0.717, 1.165) is 30.0 Å². The Morgan fingerprint density at radius 3 is 2.57 bits per heavy atom. The summed E-state index contributed by atoms with van der Waals surface area (Å²) in [6, 6.07) is 6.45. The topological polar surface area (TPSA) is 93.2 Å². The number of carbonyl (C=O) groups excluding carboxylic acids is 2. The number of carbonyl (C=O) groups is 3. The lowest BCUT2D eigenvalue weighted by Crippen LogP contribution is -2.50. The van der Waals surface area contributed by atoms with E-state index >= 15 is 0 Å². The Bertz CT molecular complexity index is 1050. The van der Waals surface area contributed by atoms with E-state index < -0.39 is 18.0 Å². The third-order valence-corrected chi connectivity index (χ3v) is 7.51. The van der Waals surface area contributed by atoms with Crippen LogP contribution in [0.25, 0.3) is 0 Å². The van der Waals surface area contributed by atoms with E-state index in [1.165, 1.54) is 0 Å². The second-order valence-corrected chi connectivity index (χ2v) is 9.90. The number of carboxylic acid groups (broad SMARTS) is 1. The molecule has 35 heavy (non-hydrogen) atoms. The van der Waals surface area contributed by atoms with Crippen LogP contribution in [0.4, 0.5) is 10.5 Å². The van der Waals surface area contributed by atoms with Crippen molar-refractivity contribution in [2.75, 3.05) is 37.6 Å². The smallest absolute Gasteiger partial charge is 0.326 e. The minimum atomic E-state index is -1.03. The molecule has 188 valence electrons. The Labute approximate surface area is 211 Å². The van der Waals surface area contributed by atoms with Gasteiger partial charge in [-0.3, -0.25) is 9.69 Å². The summed E-state index contributed by atoms with van der Waals surface area (Å²) < 4.78 is 0. The first kappa shape index (κ1) is 25.1. The molecule has 1 aliphatic carbocycles. The van der Waals surface area contributed by atoms with Crippen molar-refractivity contribution < 1.29 is 19.5 Å². The standard InChI is InChI=1S/C26H33ClN4O4/c1-3-17(2)23(25(33)34)28-26(35)31-10-9-18-15-19(7-8-22(18)31)24(32)30-13-11-29(12-14-30)21-6-4-5-20(27)16-21/h4-6,8,15-17,19,23H,3,7,9-14H2,1-2H3,(H,28,35)(H,33,34). The van der Waals surface area contributed by atoms with E-state index in [4.69, 9.17) is 11.6 Å². The van der Waals surface area contributed by atoms with Crippen LogP contribution in [-0.4, -0.2) is 71.6 Å². The van der Waals surface area contributed by atoms with Crippen LogP contribution in [0, 0.1) is 11.8 Å². The summed E-state index contributed by atoms with van der Waals surface area (Å²) >= 11 is 6.12. The number of hydrogen-bond donors (Lipinski definition) is 2. The van der Waals surface area contributed by atoms with Gasteiger partial charge in [0.15, 0.2) is 0 Å². The van der Waals surface area contributed by atoms with Crippen LogP contribution in [0.3, 0.4) is 0 Å². The van der Waals surface area contributed by atoms with Gasteiger partial charge in [0.25, 0.3) is 0 Å². The molecule has 9 heteroatoms. The van der Waals surface area contributed by atoms with Crippen molar-refractivity contribution in [1.82, 2.24) is 15.1 Å². The molecule has 1 aromatic carbocycles. The number of fused-ring (bicyclic) bond motifs is 1.